The summed E-state index contributed by atoms with van der Waals surface area (Å²) in [6.07, 6.45) is 5.94. The lowest BCUT2D eigenvalue weighted by Gasteiger charge is -2.28. The topological polar surface area (TPSA) is 0 Å². The second kappa shape index (κ2) is 8.13. The maximum atomic E-state index is 13.7. The smallest absolute Gasteiger partial charge is 0.206 e. The van der Waals surface area contributed by atoms with E-state index in [2.05, 4.69) is 19.1 Å². The van der Waals surface area contributed by atoms with Gasteiger partial charge in [0.2, 0.25) is 0 Å². The molecule has 24 heavy (non-hydrogen) atoms. The third-order valence-electron chi connectivity index (χ3n) is 4.76. The van der Waals surface area contributed by atoms with E-state index in [0.29, 0.717) is 11.5 Å². The molecule has 0 bridgehead atoms. The van der Waals surface area contributed by atoms with Crippen molar-refractivity contribution < 1.29 is 22.0 Å². The van der Waals surface area contributed by atoms with Gasteiger partial charge in [-0.2, -0.15) is 13.2 Å². The molecule has 1 aromatic rings. The second-order valence-electron chi connectivity index (χ2n) is 6.57. The number of benzene rings is 1. The molecule has 0 heterocycles. The van der Waals surface area contributed by atoms with Crippen molar-refractivity contribution >= 4 is 0 Å². The van der Waals surface area contributed by atoms with Gasteiger partial charge in [0, 0.05) is 0 Å². The van der Waals surface area contributed by atoms with Gasteiger partial charge < -0.3 is 0 Å². The molecular formula is C19H23F5. The van der Waals surface area contributed by atoms with Crippen molar-refractivity contribution in [1.29, 1.82) is 0 Å². The van der Waals surface area contributed by atoms with E-state index in [1.807, 2.05) is 0 Å². The summed E-state index contributed by atoms with van der Waals surface area (Å²) in [5, 5.41) is 0. The molecule has 0 aliphatic heterocycles. The molecular weight excluding hydrogens is 323 g/mol. The van der Waals surface area contributed by atoms with E-state index in [-0.39, 0.29) is 5.92 Å². The molecule has 0 nitrogen and oxygen atoms in total. The molecule has 0 amide bonds. The molecule has 0 spiro atoms. The predicted molar refractivity (Wildman–Crippen MR) is 84.7 cm³/mol. The van der Waals surface area contributed by atoms with Crippen LogP contribution < -0.4 is 0 Å². The number of allylic oxidation sites excluding steroid dienone is 2. The first-order valence-electron chi connectivity index (χ1n) is 8.54. The number of rotatable bonds is 5. The van der Waals surface area contributed by atoms with Crippen molar-refractivity contribution in [2.75, 3.05) is 0 Å². The highest BCUT2D eigenvalue weighted by Gasteiger charge is 2.38. The Morgan fingerprint density at radius 3 is 2.08 bits per heavy atom. The van der Waals surface area contributed by atoms with Crippen LogP contribution in [0.25, 0.3) is 0 Å². The van der Waals surface area contributed by atoms with Crippen LogP contribution in [0.4, 0.5) is 22.0 Å². The van der Waals surface area contributed by atoms with Gasteiger partial charge in [-0.15, -0.1) is 0 Å². The Morgan fingerprint density at radius 2 is 1.58 bits per heavy atom. The van der Waals surface area contributed by atoms with Gasteiger partial charge in [-0.25, -0.2) is 8.78 Å². The SMILES string of the molecule is CCC/C=C/CC1CCC(c2cc(F)c(C(F)(F)F)c(F)c2)CC1. The molecule has 1 aromatic carbocycles. The van der Waals surface area contributed by atoms with Crippen LogP contribution in [0.3, 0.4) is 0 Å². The van der Waals surface area contributed by atoms with Gasteiger partial charge in [0.15, 0.2) is 0 Å². The first-order chi connectivity index (χ1) is 11.3. The fraction of sp³-hybridized carbons (Fsp3) is 0.579. The number of unbranched alkanes of at least 4 members (excludes halogenated alkanes) is 1. The minimum atomic E-state index is -5.00. The maximum Gasteiger partial charge on any atom is 0.422 e. The fourth-order valence-corrected chi connectivity index (χ4v) is 3.40. The minimum absolute atomic E-state index is 0.0628. The largest absolute Gasteiger partial charge is 0.422 e. The Bertz CT molecular complexity index is 543. The summed E-state index contributed by atoms with van der Waals surface area (Å²) in [6, 6.07) is 1.72. The number of halogens is 5. The van der Waals surface area contributed by atoms with Crippen LogP contribution in [0, 0.1) is 17.6 Å². The van der Waals surface area contributed by atoms with Crippen LogP contribution in [-0.4, -0.2) is 0 Å². The zero-order chi connectivity index (χ0) is 17.7. The summed E-state index contributed by atoms with van der Waals surface area (Å²) in [6.45, 7) is 2.12. The molecule has 1 fully saturated rings. The van der Waals surface area contributed by atoms with Crippen LogP contribution in [0.1, 0.15) is 68.9 Å². The summed E-state index contributed by atoms with van der Waals surface area (Å²) in [5.41, 5.74) is -1.45. The lowest BCUT2D eigenvalue weighted by Crippen LogP contribution is -2.16. The molecule has 0 atom stereocenters. The number of hydrogen-bond donors (Lipinski definition) is 0. The zero-order valence-electron chi connectivity index (χ0n) is 13.8. The van der Waals surface area contributed by atoms with E-state index >= 15 is 0 Å². The average Bonchev–Trinajstić information content (AvgIpc) is 2.50. The van der Waals surface area contributed by atoms with Gasteiger partial charge in [-0.1, -0.05) is 25.5 Å². The molecule has 0 unspecified atom stereocenters. The van der Waals surface area contributed by atoms with Crippen molar-refractivity contribution in [2.24, 2.45) is 5.92 Å². The first kappa shape index (κ1) is 18.9. The summed E-state index contributed by atoms with van der Waals surface area (Å²) >= 11 is 0. The Hall–Kier alpha value is -1.39. The van der Waals surface area contributed by atoms with Crippen LogP contribution in [0.5, 0.6) is 0 Å². The summed E-state index contributed by atoms with van der Waals surface area (Å²) in [4.78, 5) is 0. The van der Waals surface area contributed by atoms with Gasteiger partial charge >= 0.3 is 6.18 Å². The zero-order valence-corrected chi connectivity index (χ0v) is 13.8. The Morgan fingerprint density at radius 1 is 1.00 bits per heavy atom. The predicted octanol–water partition coefficient (Wildman–Crippen LogP) is 7.00. The second-order valence-corrected chi connectivity index (χ2v) is 6.57. The van der Waals surface area contributed by atoms with Crippen molar-refractivity contribution in [1.82, 2.24) is 0 Å². The van der Waals surface area contributed by atoms with Crippen molar-refractivity contribution in [3.05, 3.63) is 47.0 Å². The van der Waals surface area contributed by atoms with E-state index in [0.717, 1.165) is 57.1 Å². The molecule has 1 saturated carbocycles. The van der Waals surface area contributed by atoms with E-state index in [4.69, 9.17) is 0 Å². The lowest BCUT2D eigenvalue weighted by molar-refractivity contribution is -0.142. The minimum Gasteiger partial charge on any atom is -0.206 e. The molecule has 5 heteroatoms. The van der Waals surface area contributed by atoms with Crippen molar-refractivity contribution in [3.8, 4) is 0 Å². The summed E-state index contributed by atoms with van der Waals surface area (Å²) in [7, 11) is 0. The Labute approximate surface area is 139 Å². The molecule has 1 aliphatic carbocycles. The molecule has 134 valence electrons. The molecule has 0 radical (unpaired) electrons. The standard InChI is InChI=1S/C19H23F5/c1-2-3-4-5-6-13-7-9-14(10-8-13)15-11-16(20)18(17(21)12-15)19(22,23)24/h4-5,11-14H,2-3,6-10H2,1H3/b5-4+. The first-order valence-corrected chi connectivity index (χ1v) is 8.54. The van der Waals surface area contributed by atoms with Crippen LogP contribution in [0.2, 0.25) is 0 Å². The average molecular weight is 346 g/mol. The maximum absolute atomic E-state index is 13.7. The Balaban J connectivity index is 2.00. The third-order valence-corrected chi connectivity index (χ3v) is 4.76. The highest BCUT2D eigenvalue weighted by atomic mass is 19.4. The fourth-order valence-electron chi connectivity index (χ4n) is 3.40. The van der Waals surface area contributed by atoms with E-state index in [9.17, 15) is 22.0 Å². The summed E-state index contributed by atoms with van der Waals surface area (Å²) in [5.74, 6) is -2.53. The molecule has 2 rings (SSSR count). The van der Waals surface area contributed by atoms with E-state index in [1.54, 1.807) is 0 Å². The van der Waals surface area contributed by atoms with Crippen molar-refractivity contribution in [2.45, 2.75) is 64.0 Å². The summed E-state index contributed by atoms with van der Waals surface area (Å²) < 4.78 is 65.3. The van der Waals surface area contributed by atoms with E-state index < -0.39 is 23.4 Å². The van der Waals surface area contributed by atoms with Gasteiger partial charge in [-0.3, -0.25) is 0 Å². The van der Waals surface area contributed by atoms with Crippen molar-refractivity contribution in [3.63, 3.8) is 0 Å². The molecule has 0 saturated heterocycles. The third kappa shape index (κ3) is 4.81. The van der Waals surface area contributed by atoms with Gasteiger partial charge in [0.1, 0.15) is 17.2 Å². The van der Waals surface area contributed by atoms with Gasteiger partial charge in [0.05, 0.1) is 0 Å². The highest BCUT2D eigenvalue weighted by molar-refractivity contribution is 5.30. The molecule has 0 aromatic heterocycles. The highest BCUT2D eigenvalue weighted by Crippen LogP contribution is 2.40. The van der Waals surface area contributed by atoms with Crippen LogP contribution >= 0.6 is 0 Å². The van der Waals surface area contributed by atoms with Crippen LogP contribution in [-0.2, 0) is 6.18 Å². The number of hydrogen-bond acceptors (Lipinski definition) is 0. The number of alkyl halides is 3. The quantitative estimate of drug-likeness (QED) is 0.397. The molecule has 0 N–H and O–H groups in total. The van der Waals surface area contributed by atoms with E-state index in [1.165, 1.54) is 0 Å². The van der Waals surface area contributed by atoms with Crippen LogP contribution in [0.15, 0.2) is 24.3 Å². The molecule has 1 aliphatic rings. The normalized spacial score (nSPS) is 22.2. The lowest BCUT2D eigenvalue weighted by atomic mass is 9.77. The monoisotopic (exact) mass is 346 g/mol. The van der Waals surface area contributed by atoms with Gasteiger partial charge in [-0.05, 0) is 68.1 Å². The Kier molecular flexibility index (Phi) is 6.41. The van der Waals surface area contributed by atoms with Gasteiger partial charge in [0.25, 0.3) is 0 Å².